The molecule has 0 unspecified atom stereocenters. The first-order valence-electron chi connectivity index (χ1n) is 3.80. The first-order chi connectivity index (χ1) is 5.77. The molecule has 5 heteroatoms. The molecule has 1 N–H and O–H groups in total. The highest BCUT2D eigenvalue weighted by molar-refractivity contribution is 5.69. The van der Waals surface area contributed by atoms with Crippen molar-refractivity contribution in [1.29, 1.82) is 0 Å². The minimum absolute atomic E-state index is 0.0880. The Hall–Kier alpha value is -1.39. The van der Waals surface area contributed by atoms with Crippen LogP contribution in [0.15, 0.2) is 4.63 Å². The fraction of sp³-hybridized carbons (Fsp3) is 0.571. The average Bonchev–Trinajstić information content (AvgIpc) is 2.73. The third-order valence-corrected chi connectivity index (χ3v) is 1.87. The summed E-state index contributed by atoms with van der Waals surface area (Å²) in [6.07, 6.45) is 2.05. The van der Waals surface area contributed by atoms with Crippen LogP contribution in [-0.4, -0.2) is 21.4 Å². The highest BCUT2D eigenvalue weighted by Gasteiger charge is 2.30. The maximum absolute atomic E-state index is 10.4. The van der Waals surface area contributed by atoms with Crippen molar-refractivity contribution in [3.63, 3.8) is 0 Å². The molecule has 1 aromatic rings. The Bertz CT molecular complexity index is 303. The Morgan fingerprint density at radius 1 is 1.58 bits per heavy atom. The average molecular weight is 168 g/mol. The van der Waals surface area contributed by atoms with E-state index in [-0.39, 0.29) is 6.42 Å². The monoisotopic (exact) mass is 168 g/mol. The van der Waals surface area contributed by atoms with E-state index < -0.39 is 5.97 Å². The van der Waals surface area contributed by atoms with Gasteiger partial charge in [0.25, 0.3) is 0 Å². The van der Waals surface area contributed by atoms with Gasteiger partial charge in [0.1, 0.15) is 11.4 Å². The number of rotatable bonds is 3. The molecule has 0 saturated heterocycles. The van der Waals surface area contributed by atoms with Gasteiger partial charge in [-0.05, 0) is 12.8 Å². The van der Waals surface area contributed by atoms with E-state index in [0.29, 0.717) is 11.6 Å². The zero-order valence-corrected chi connectivity index (χ0v) is 6.36. The van der Waals surface area contributed by atoms with Crippen molar-refractivity contribution >= 4 is 5.97 Å². The Morgan fingerprint density at radius 2 is 2.33 bits per heavy atom. The summed E-state index contributed by atoms with van der Waals surface area (Å²) in [4.78, 5) is 10.4. The van der Waals surface area contributed by atoms with E-state index in [9.17, 15) is 4.79 Å². The van der Waals surface area contributed by atoms with Gasteiger partial charge in [0.05, 0.1) is 6.42 Å². The topological polar surface area (TPSA) is 76.2 Å². The molecule has 0 spiro atoms. The molecule has 5 nitrogen and oxygen atoms in total. The molecule has 1 fully saturated rings. The maximum Gasteiger partial charge on any atom is 0.309 e. The molecule has 2 rings (SSSR count). The summed E-state index contributed by atoms with van der Waals surface area (Å²) in [5.74, 6) is -0.502. The molecule has 0 bridgehead atoms. The predicted octanol–water partition coefficient (Wildman–Crippen LogP) is 0.574. The summed E-state index contributed by atoms with van der Waals surface area (Å²) in [6.45, 7) is 0. The molecule has 1 aliphatic carbocycles. The van der Waals surface area contributed by atoms with Crippen LogP contribution in [0.25, 0.3) is 0 Å². The number of aliphatic carboxylic acids is 1. The Labute approximate surface area is 68.3 Å². The lowest BCUT2D eigenvalue weighted by molar-refractivity contribution is -0.136. The third-order valence-electron chi connectivity index (χ3n) is 1.87. The van der Waals surface area contributed by atoms with Crippen molar-refractivity contribution in [2.75, 3.05) is 0 Å². The van der Waals surface area contributed by atoms with Crippen LogP contribution in [0.3, 0.4) is 0 Å². The van der Waals surface area contributed by atoms with Gasteiger partial charge in [-0.15, -0.1) is 0 Å². The Morgan fingerprint density at radius 3 is 2.92 bits per heavy atom. The van der Waals surface area contributed by atoms with Crippen LogP contribution in [0.5, 0.6) is 0 Å². The minimum Gasteiger partial charge on any atom is -0.481 e. The van der Waals surface area contributed by atoms with E-state index in [1.807, 2.05) is 0 Å². The molecule has 0 aliphatic heterocycles. The van der Waals surface area contributed by atoms with Crippen LogP contribution in [0.4, 0.5) is 0 Å². The molecule has 64 valence electrons. The van der Waals surface area contributed by atoms with Crippen LogP contribution in [0.1, 0.15) is 30.1 Å². The van der Waals surface area contributed by atoms with Gasteiger partial charge in [-0.25, -0.2) is 4.63 Å². The van der Waals surface area contributed by atoms with Crippen molar-refractivity contribution in [2.45, 2.75) is 25.2 Å². The van der Waals surface area contributed by atoms with Crippen LogP contribution in [0, 0.1) is 0 Å². The fourth-order valence-electron chi connectivity index (χ4n) is 1.15. The largest absolute Gasteiger partial charge is 0.481 e. The fourth-order valence-corrected chi connectivity index (χ4v) is 1.15. The number of hydrogen-bond donors (Lipinski definition) is 1. The van der Waals surface area contributed by atoms with Gasteiger partial charge in [-0.3, -0.25) is 4.79 Å². The molecule has 1 aromatic heterocycles. The molecule has 0 radical (unpaired) electrons. The van der Waals surface area contributed by atoms with E-state index in [1.54, 1.807) is 0 Å². The van der Waals surface area contributed by atoms with E-state index in [0.717, 1.165) is 18.5 Å². The summed E-state index contributed by atoms with van der Waals surface area (Å²) >= 11 is 0. The van der Waals surface area contributed by atoms with E-state index in [1.165, 1.54) is 0 Å². The predicted molar refractivity (Wildman–Crippen MR) is 37.6 cm³/mol. The van der Waals surface area contributed by atoms with Gasteiger partial charge in [0.15, 0.2) is 0 Å². The van der Waals surface area contributed by atoms with E-state index in [4.69, 9.17) is 5.11 Å². The normalized spacial score (nSPS) is 16.3. The first-order valence-corrected chi connectivity index (χ1v) is 3.80. The lowest BCUT2D eigenvalue weighted by Crippen LogP contribution is -2.02. The standard InChI is InChI=1S/C7H8N2O3/c10-6(11)3-5-7(4-1-2-4)9-12-8-5/h4H,1-3H2,(H,10,11). The van der Waals surface area contributed by atoms with Gasteiger partial charge < -0.3 is 5.11 Å². The molecular formula is C7H8N2O3. The molecule has 0 amide bonds. The number of carbonyl (C=O) groups is 1. The van der Waals surface area contributed by atoms with Crippen LogP contribution in [0.2, 0.25) is 0 Å². The van der Waals surface area contributed by atoms with Crippen LogP contribution >= 0.6 is 0 Å². The van der Waals surface area contributed by atoms with E-state index >= 15 is 0 Å². The first kappa shape index (κ1) is 7.27. The summed E-state index contributed by atoms with van der Waals surface area (Å²) in [6, 6.07) is 0. The van der Waals surface area contributed by atoms with E-state index in [2.05, 4.69) is 14.9 Å². The smallest absolute Gasteiger partial charge is 0.309 e. The molecule has 1 heterocycles. The van der Waals surface area contributed by atoms with Gasteiger partial charge in [-0.2, -0.15) is 0 Å². The van der Waals surface area contributed by atoms with Crippen molar-refractivity contribution in [3.05, 3.63) is 11.4 Å². The molecule has 1 saturated carbocycles. The third kappa shape index (κ3) is 1.30. The minimum atomic E-state index is -0.896. The summed E-state index contributed by atoms with van der Waals surface area (Å²) < 4.78 is 4.48. The number of aromatic nitrogens is 2. The quantitative estimate of drug-likeness (QED) is 0.714. The number of hydrogen-bond acceptors (Lipinski definition) is 4. The van der Waals surface area contributed by atoms with Gasteiger partial charge in [0.2, 0.25) is 0 Å². The zero-order chi connectivity index (χ0) is 8.55. The van der Waals surface area contributed by atoms with Crippen molar-refractivity contribution in [1.82, 2.24) is 10.3 Å². The highest BCUT2D eigenvalue weighted by Crippen LogP contribution is 2.40. The van der Waals surface area contributed by atoms with Crippen molar-refractivity contribution in [3.8, 4) is 0 Å². The highest BCUT2D eigenvalue weighted by atomic mass is 16.6. The van der Waals surface area contributed by atoms with Gasteiger partial charge >= 0.3 is 5.97 Å². The second kappa shape index (κ2) is 2.58. The summed E-state index contributed by atoms with van der Waals surface area (Å²) in [5, 5.41) is 15.7. The molecular weight excluding hydrogens is 160 g/mol. The number of nitrogens with zero attached hydrogens (tertiary/aromatic N) is 2. The van der Waals surface area contributed by atoms with Gasteiger partial charge in [0, 0.05) is 5.92 Å². The number of carboxylic acids is 1. The molecule has 0 aromatic carbocycles. The SMILES string of the molecule is O=C(O)Cc1nonc1C1CC1. The lowest BCUT2D eigenvalue weighted by atomic mass is 10.2. The zero-order valence-electron chi connectivity index (χ0n) is 6.36. The second-order valence-electron chi connectivity index (χ2n) is 2.94. The Balaban J connectivity index is 2.18. The molecule has 12 heavy (non-hydrogen) atoms. The Kier molecular flexibility index (Phi) is 1.56. The van der Waals surface area contributed by atoms with Crippen LogP contribution in [-0.2, 0) is 11.2 Å². The number of carboxylic acid groups (broad SMARTS) is 1. The van der Waals surface area contributed by atoms with Crippen molar-refractivity contribution in [2.24, 2.45) is 0 Å². The maximum atomic E-state index is 10.4. The summed E-state index contributed by atoms with van der Waals surface area (Å²) in [7, 11) is 0. The van der Waals surface area contributed by atoms with Crippen molar-refractivity contribution < 1.29 is 14.5 Å². The summed E-state index contributed by atoms with van der Waals surface area (Å²) in [5.41, 5.74) is 1.21. The molecule has 1 aliphatic rings. The van der Waals surface area contributed by atoms with Crippen LogP contribution < -0.4 is 0 Å². The second-order valence-corrected chi connectivity index (χ2v) is 2.94. The molecule has 0 atom stereocenters. The lowest BCUT2D eigenvalue weighted by Gasteiger charge is -1.90. The van der Waals surface area contributed by atoms with Gasteiger partial charge in [-0.1, -0.05) is 10.3 Å².